The van der Waals surface area contributed by atoms with E-state index in [9.17, 15) is 18.9 Å². The van der Waals surface area contributed by atoms with Crippen LogP contribution in [0.4, 0.5) is 5.69 Å². The summed E-state index contributed by atoms with van der Waals surface area (Å²) in [5.74, 6) is -2.93. The van der Waals surface area contributed by atoms with Crippen molar-refractivity contribution in [2.75, 3.05) is 44.2 Å². The molecule has 0 bridgehead atoms. The standard InChI is InChI=1S/C39H49N4O5S/c1-7-13-23-42-38(45)36(39(46)43(49(42)47)24-14-8-2)37(44)30-18-16-15-17-29(30)35-31-21-19-27(40(9-3)10-4)25-33(31)48-34-26-28(20-22-32(34)35)41(11-5)12-6/h15-22,25-26,36H,7-14,23-24H2,1-6H3/q+1. The van der Waals surface area contributed by atoms with Gasteiger partial charge in [0, 0.05) is 53.0 Å². The van der Waals surface area contributed by atoms with Gasteiger partial charge in [-0.15, -0.1) is 8.61 Å². The smallest absolute Gasteiger partial charge is 0.286 e. The molecule has 10 heteroatoms. The SMILES string of the molecule is CCCCN1C(=O)C(C(=O)c2ccccc2-c2c3ccc(=[N+](CC)CC)cc-3oc3cc(N(CC)CC)ccc23)C(=O)N(CCCC)[S+]1[O-]. The maximum atomic E-state index is 14.6. The lowest BCUT2D eigenvalue weighted by atomic mass is 9.86. The Morgan fingerprint density at radius 1 is 0.837 bits per heavy atom. The highest BCUT2D eigenvalue weighted by molar-refractivity contribution is 7.88. The topological polar surface area (TPSA) is 100 Å². The molecule has 0 unspecified atom stereocenters. The van der Waals surface area contributed by atoms with Crippen molar-refractivity contribution in [2.45, 2.75) is 67.2 Å². The fourth-order valence-corrected chi connectivity index (χ4v) is 8.00. The number of nitrogens with zero attached hydrogens (tertiary/aromatic N) is 4. The van der Waals surface area contributed by atoms with E-state index in [-0.39, 0.29) is 18.7 Å². The van der Waals surface area contributed by atoms with Crippen LogP contribution in [0, 0.1) is 5.92 Å². The molecule has 0 atom stereocenters. The summed E-state index contributed by atoms with van der Waals surface area (Å²) in [7, 11) is 0. The van der Waals surface area contributed by atoms with E-state index in [1.807, 2.05) is 50.2 Å². The molecule has 260 valence electrons. The van der Waals surface area contributed by atoms with Crippen molar-refractivity contribution in [3.8, 4) is 22.5 Å². The Morgan fingerprint density at radius 2 is 1.47 bits per heavy atom. The van der Waals surface area contributed by atoms with Crippen LogP contribution >= 0.6 is 0 Å². The van der Waals surface area contributed by atoms with E-state index in [2.05, 4.69) is 49.3 Å². The second kappa shape index (κ2) is 16.0. The quantitative estimate of drug-likeness (QED) is 0.0494. The van der Waals surface area contributed by atoms with Gasteiger partial charge < -0.3 is 13.9 Å². The van der Waals surface area contributed by atoms with E-state index in [1.54, 1.807) is 12.1 Å². The molecule has 3 aliphatic rings. The van der Waals surface area contributed by atoms with Crippen molar-refractivity contribution >= 4 is 45.8 Å². The van der Waals surface area contributed by atoms with Gasteiger partial charge in [-0.1, -0.05) is 51.0 Å². The molecular weight excluding hydrogens is 637 g/mol. The monoisotopic (exact) mass is 685 g/mol. The molecule has 1 fully saturated rings. The van der Waals surface area contributed by atoms with Gasteiger partial charge in [-0.3, -0.25) is 14.4 Å². The molecule has 0 N–H and O–H groups in total. The number of ketones is 1. The Morgan fingerprint density at radius 3 is 2.06 bits per heavy atom. The van der Waals surface area contributed by atoms with Crippen LogP contribution < -0.4 is 14.8 Å². The number of Topliss-reactive ketones (excluding diaryl/α,β-unsaturated/α-hetero) is 1. The van der Waals surface area contributed by atoms with Crippen molar-refractivity contribution in [2.24, 2.45) is 5.92 Å². The number of carbonyl (C=O) groups is 3. The summed E-state index contributed by atoms with van der Waals surface area (Å²) in [5, 5.41) is 1.84. The number of hydrogen-bond acceptors (Lipinski definition) is 6. The van der Waals surface area contributed by atoms with Crippen molar-refractivity contribution < 1.29 is 23.4 Å². The first-order valence-corrected chi connectivity index (χ1v) is 18.8. The number of fused-ring (bicyclic) bond motifs is 2. The average Bonchev–Trinajstić information content (AvgIpc) is 3.11. The fourth-order valence-electron chi connectivity index (χ4n) is 6.67. The number of rotatable bonds is 14. The first-order chi connectivity index (χ1) is 23.7. The number of amides is 2. The molecule has 2 amide bonds. The predicted octanol–water partition coefficient (Wildman–Crippen LogP) is 6.51. The number of benzene rings is 3. The lowest BCUT2D eigenvalue weighted by Gasteiger charge is -2.37. The largest absolute Gasteiger partial charge is 0.568 e. The molecule has 2 aromatic rings. The number of anilines is 1. The Bertz CT molecular complexity index is 1830. The maximum Gasteiger partial charge on any atom is 0.286 e. The van der Waals surface area contributed by atoms with Gasteiger partial charge in [0.2, 0.25) is 16.9 Å². The third-order valence-corrected chi connectivity index (χ3v) is 10.9. The zero-order valence-electron chi connectivity index (χ0n) is 29.7. The van der Waals surface area contributed by atoms with Crippen LogP contribution in [0.25, 0.3) is 33.4 Å². The minimum atomic E-state index is -1.97. The minimum absolute atomic E-state index is 0.211. The predicted molar refractivity (Wildman–Crippen MR) is 197 cm³/mol. The van der Waals surface area contributed by atoms with E-state index in [0.29, 0.717) is 29.7 Å². The van der Waals surface area contributed by atoms with Gasteiger partial charge in [0.05, 0.1) is 19.2 Å². The number of unbranched alkanes of at least 4 members (excludes halogenated alkanes) is 2. The van der Waals surface area contributed by atoms with Crippen molar-refractivity contribution in [3.05, 3.63) is 71.6 Å². The van der Waals surface area contributed by atoms with Crippen LogP contribution in [0.2, 0.25) is 0 Å². The summed E-state index contributed by atoms with van der Waals surface area (Å²) in [5.41, 5.74) is 4.18. The van der Waals surface area contributed by atoms with Crippen LogP contribution in [0.5, 0.6) is 0 Å². The summed E-state index contributed by atoms with van der Waals surface area (Å²) >= 11 is -1.97. The van der Waals surface area contributed by atoms with Gasteiger partial charge in [0.15, 0.2) is 11.7 Å². The third kappa shape index (κ3) is 6.99. The molecule has 5 rings (SSSR count). The summed E-state index contributed by atoms with van der Waals surface area (Å²) in [6, 6.07) is 19.4. The molecule has 2 aromatic carbocycles. The van der Waals surface area contributed by atoms with Crippen molar-refractivity contribution in [3.63, 3.8) is 0 Å². The number of hydrogen-bond donors (Lipinski definition) is 0. The van der Waals surface area contributed by atoms with E-state index < -0.39 is 35.1 Å². The molecule has 9 nitrogen and oxygen atoms in total. The van der Waals surface area contributed by atoms with E-state index in [4.69, 9.17) is 4.42 Å². The molecule has 0 saturated carbocycles. The highest BCUT2D eigenvalue weighted by atomic mass is 32.2. The number of carbonyl (C=O) groups excluding carboxylic acids is 3. The lowest BCUT2D eigenvalue weighted by Crippen LogP contribution is -2.61. The Hall–Kier alpha value is -4.15. The van der Waals surface area contributed by atoms with Gasteiger partial charge in [-0.25, -0.2) is 4.58 Å². The first kappa shape index (κ1) is 36.1. The first-order valence-electron chi connectivity index (χ1n) is 17.8. The Labute approximate surface area is 293 Å². The molecule has 0 spiro atoms. The lowest BCUT2D eigenvalue weighted by molar-refractivity contribution is -0.142. The van der Waals surface area contributed by atoms with Gasteiger partial charge >= 0.3 is 0 Å². The van der Waals surface area contributed by atoms with Crippen LogP contribution in [0.1, 0.15) is 77.6 Å². The molecule has 49 heavy (non-hydrogen) atoms. The van der Waals surface area contributed by atoms with Crippen LogP contribution in [-0.4, -0.2) is 70.0 Å². The van der Waals surface area contributed by atoms with E-state index in [1.165, 1.54) is 8.61 Å². The maximum absolute atomic E-state index is 14.6. The second-order valence-corrected chi connectivity index (χ2v) is 13.7. The van der Waals surface area contributed by atoms with Crippen LogP contribution in [0.15, 0.2) is 65.1 Å². The molecule has 1 aliphatic carbocycles. The molecule has 0 radical (unpaired) electrons. The normalized spacial score (nSPS) is 16.6. The summed E-state index contributed by atoms with van der Waals surface area (Å²) in [6.07, 6.45) is 2.77. The minimum Gasteiger partial charge on any atom is -0.568 e. The summed E-state index contributed by atoms with van der Waals surface area (Å²) in [6.45, 7) is 16.2. The van der Waals surface area contributed by atoms with Gasteiger partial charge in [-0.05, 0) is 64.3 Å². The highest BCUT2D eigenvalue weighted by Gasteiger charge is 2.53. The van der Waals surface area contributed by atoms with Gasteiger partial charge in [0.1, 0.15) is 24.4 Å². The molecule has 0 aromatic heterocycles. The second-order valence-electron chi connectivity index (χ2n) is 12.3. The molecule has 1 saturated heterocycles. The average molecular weight is 686 g/mol. The zero-order valence-corrected chi connectivity index (χ0v) is 30.5. The van der Waals surface area contributed by atoms with Crippen LogP contribution in [0.3, 0.4) is 0 Å². The molecular formula is C39H49N4O5S+. The van der Waals surface area contributed by atoms with E-state index in [0.717, 1.165) is 66.6 Å². The summed E-state index contributed by atoms with van der Waals surface area (Å²) < 4.78 is 24.8. The third-order valence-electron chi connectivity index (χ3n) is 9.46. The van der Waals surface area contributed by atoms with Crippen molar-refractivity contribution in [1.82, 2.24) is 13.2 Å². The Balaban J connectivity index is 1.74. The van der Waals surface area contributed by atoms with Gasteiger partial charge in [-0.2, -0.15) is 0 Å². The fraction of sp³-hybridized carbons (Fsp3) is 0.436. The molecule has 2 heterocycles. The van der Waals surface area contributed by atoms with Crippen LogP contribution in [-0.2, 0) is 21.1 Å². The summed E-state index contributed by atoms with van der Waals surface area (Å²) in [4.78, 5) is 44.7. The molecule has 2 aliphatic heterocycles. The van der Waals surface area contributed by atoms with E-state index >= 15 is 0 Å². The van der Waals surface area contributed by atoms with Gasteiger partial charge in [0.25, 0.3) is 11.8 Å². The van der Waals surface area contributed by atoms with Crippen molar-refractivity contribution in [1.29, 1.82) is 0 Å². The Kier molecular flexibility index (Phi) is 11.8. The highest BCUT2D eigenvalue weighted by Crippen LogP contribution is 2.43. The zero-order chi connectivity index (χ0) is 35.2.